The number of aromatic nitrogens is 2. The van der Waals surface area contributed by atoms with Crippen LogP contribution in [-0.2, 0) is 4.74 Å². The van der Waals surface area contributed by atoms with Gasteiger partial charge in [-0.2, -0.15) is 18.2 Å². The average molecular weight is 452 g/mol. The summed E-state index contributed by atoms with van der Waals surface area (Å²) in [5.74, 6) is 0.663. The van der Waals surface area contributed by atoms with Crippen molar-refractivity contribution >= 4 is 17.7 Å². The molecule has 1 unspecified atom stereocenters. The van der Waals surface area contributed by atoms with Crippen molar-refractivity contribution in [1.29, 1.82) is 0 Å². The summed E-state index contributed by atoms with van der Waals surface area (Å²) in [7, 11) is 1.24. The third-order valence-electron chi connectivity index (χ3n) is 4.88. The molecule has 1 amide bonds. The number of nitrogens with one attached hydrogen (secondary N) is 1. The number of alkyl halides is 3. The highest BCUT2D eigenvalue weighted by Crippen LogP contribution is 2.37. The second kappa shape index (κ2) is 9.22. The summed E-state index contributed by atoms with van der Waals surface area (Å²) in [6, 6.07) is 4.97. The lowest BCUT2D eigenvalue weighted by Gasteiger charge is -2.38. The number of pyridine rings is 2. The van der Waals surface area contributed by atoms with Gasteiger partial charge in [-0.05, 0) is 69.4 Å². The Morgan fingerprint density at radius 2 is 1.91 bits per heavy atom. The third kappa shape index (κ3) is 6.02. The van der Waals surface area contributed by atoms with Crippen LogP contribution in [0.3, 0.4) is 0 Å². The number of amides is 1. The molecule has 1 aliphatic rings. The number of piperidine rings is 1. The van der Waals surface area contributed by atoms with E-state index in [0.29, 0.717) is 24.0 Å². The highest BCUT2D eigenvalue weighted by atomic mass is 19.4. The number of ether oxygens (including phenoxy) is 2. The van der Waals surface area contributed by atoms with Gasteiger partial charge in [-0.3, -0.25) is 5.32 Å². The van der Waals surface area contributed by atoms with Gasteiger partial charge >= 0.3 is 12.3 Å². The first kappa shape index (κ1) is 23.6. The quantitative estimate of drug-likeness (QED) is 0.668. The monoisotopic (exact) mass is 452 g/mol. The summed E-state index contributed by atoms with van der Waals surface area (Å²) in [4.78, 5) is 21.3. The van der Waals surface area contributed by atoms with Crippen molar-refractivity contribution in [3.8, 4) is 17.0 Å². The van der Waals surface area contributed by atoms with E-state index in [0.717, 1.165) is 0 Å². The van der Waals surface area contributed by atoms with E-state index in [1.165, 1.54) is 18.2 Å². The topological polar surface area (TPSA) is 76.6 Å². The Morgan fingerprint density at radius 1 is 1.16 bits per heavy atom. The van der Waals surface area contributed by atoms with E-state index in [2.05, 4.69) is 20.0 Å². The third-order valence-corrected chi connectivity index (χ3v) is 4.88. The van der Waals surface area contributed by atoms with Crippen LogP contribution in [0.4, 0.5) is 29.6 Å². The van der Waals surface area contributed by atoms with Crippen molar-refractivity contribution in [3.63, 3.8) is 0 Å². The molecule has 0 spiro atoms. The number of halogens is 3. The lowest BCUT2D eigenvalue weighted by Crippen LogP contribution is -2.49. The van der Waals surface area contributed by atoms with Crippen LogP contribution in [0.15, 0.2) is 30.5 Å². The van der Waals surface area contributed by atoms with Gasteiger partial charge in [-0.1, -0.05) is 0 Å². The van der Waals surface area contributed by atoms with Gasteiger partial charge in [0, 0.05) is 18.8 Å². The summed E-state index contributed by atoms with van der Waals surface area (Å²) in [6.45, 7) is 5.77. The Hall–Kier alpha value is -3.04. The highest BCUT2D eigenvalue weighted by Gasteiger charge is 2.45. The summed E-state index contributed by atoms with van der Waals surface area (Å²) in [6.07, 6.45) is -2.37. The van der Waals surface area contributed by atoms with Gasteiger partial charge < -0.3 is 14.4 Å². The summed E-state index contributed by atoms with van der Waals surface area (Å²) in [5, 5.41) is 2.48. The molecule has 1 N–H and O–H groups in total. The second-order valence-electron chi connectivity index (χ2n) is 8.56. The Kier molecular flexibility index (Phi) is 6.80. The van der Waals surface area contributed by atoms with Crippen LogP contribution < -0.4 is 15.0 Å². The Morgan fingerprint density at radius 3 is 2.56 bits per heavy atom. The first-order valence-corrected chi connectivity index (χ1v) is 10.3. The number of carbonyl (C=O) groups excluding carboxylic acids is 1. The van der Waals surface area contributed by atoms with Crippen molar-refractivity contribution < 1.29 is 27.4 Å². The van der Waals surface area contributed by atoms with E-state index in [9.17, 15) is 18.0 Å². The molecular weight excluding hydrogens is 425 g/mol. The van der Waals surface area contributed by atoms with E-state index in [1.54, 1.807) is 24.3 Å². The summed E-state index contributed by atoms with van der Waals surface area (Å²) in [5.41, 5.74) is 0.634. The van der Waals surface area contributed by atoms with E-state index in [4.69, 9.17) is 4.74 Å². The molecule has 7 nitrogen and oxygen atoms in total. The van der Waals surface area contributed by atoms with Crippen LogP contribution in [0.25, 0.3) is 11.1 Å². The molecule has 2 aromatic rings. The van der Waals surface area contributed by atoms with Gasteiger partial charge in [0.05, 0.1) is 7.11 Å². The van der Waals surface area contributed by atoms with E-state index in [1.807, 2.05) is 20.8 Å². The number of carbonyl (C=O) groups is 1. The summed E-state index contributed by atoms with van der Waals surface area (Å²) < 4.78 is 51.6. The fourth-order valence-corrected chi connectivity index (χ4v) is 3.55. The van der Waals surface area contributed by atoms with Crippen LogP contribution in [-0.4, -0.2) is 47.5 Å². The number of methoxy groups -OCH3 is 1. The Balaban J connectivity index is 2.06. The van der Waals surface area contributed by atoms with Crippen LogP contribution in [0.5, 0.6) is 5.88 Å². The van der Waals surface area contributed by atoms with Gasteiger partial charge in [-0.15, -0.1) is 0 Å². The molecule has 1 atom stereocenters. The fourth-order valence-electron chi connectivity index (χ4n) is 3.55. The molecule has 0 saturated carbocycles. The van der Waals surface area contributed by atoms with Crippen LogP contribution in [0.2, 0.25) is 0 Å². The molecule has 0 bridgehead atoms. The van der Waals surface area contributed by atoms with Gasteiger partial charge in [0.2, 0.25) is 5.88 Å². The zero-order chi connectivity index (χ0) is 23.5. The molecule has 1 aliphatic heterocycles. The molecule has 32 heavy (non-hydrogen) atoms. The minimum atomic E-state index is -4.36. The second-order valence-corrected chi connectivity index (χ2v) is 8.56. The standard InChI is InChI=1S/C22H27F3N4O3/c1-21(2,3)32-19-13-15(14-8-9-26-17(11-14)27-20(30)31-4)12-18(28-19)29-10-6-5-7-16(29)22(23,24)25/h8-9,11-13,16H,5-7,10H2,1-4H3,(H,26,27,30). The molecular formula is C22H27F3N4O3. The van der Waals surface area contributed by atoms with Crippen molar-refractivity contribution in [3.05, 3.63) is 30.5 Å². The van der Waals surface area contributed by atoms with Crippen LogP contribution >= 0.6 is 0 Å². The van der Waals surface area contributed by atoms with Crippen molar-refractivity contribution in [1.82, 2.24) is 9.97 Å². The Labute approximate surface area is 184 Å². The molecule has 3 rings (SSSR count). The number of hydrogen-bond donors (Lipinski definition) is 1. The number of rotatable bonds is 4. The minimum absolute atomic E-state index is 0.0212. The van der Waals surface area contributed by atoms with Crippen molar-refractivity contribution in [2.24, 2.45) is 0 Å². The van der Waals surface area contributed by atoms with Crippen molar-refractivity contribution in [2.75, 3.05) is 23.9 Å². The predicted octanol–water partition coefficient (Wildman–Crippen LogP) is 5.42. The number of hydrogen-bond acceptors (Lipinski definition) is 6. The van der Waals surface area contributed by atoms with Crippen molar-refractivity contribution in [2.45, 2.75) is 57.9 Å². The zero-order valence-corrected chi connectivity index (χ0v) is 18.5. The van der Waals surface area contributed by atoms with Gasteiger partial charge in [0.25, 0.3) is 0 Å². The molecule has 0 aliphatic carbocycles. The van der Waals surface area contributed by atoms with Gasteiger partial charge in [-0.25, -0.2) is 9.78 Å². The maximum Gasteiger partial charge on any atom is 0.412 e. The SMILES string of the molecule is COC(=O)Nc1cc(-c2cc(OC(C)(C)C)nc(N3CCCCC3C(F)(F)F)c2)ccn1. The van der Waals surface area contributed by atoms with Crippen LogP contribution in [0.1, 0.15) is 40.0 Å². The molecule has 1 saturated heterocycles. The van der Waals surface area contributed by atoms with E-state index >= 15 is 0 Å². The lowest BCUT2D eigenvalue weighted by atomic mass is 10.0. The molecule has 10 heteroatoms. The number of anilines is 2. The van der Waals surface area contributed by atoms with E-state index < -0.39 is 23.9 Å². The normalized spacial score (nSPS) is 17.1. The van der Waals surface area contributed by atoms with E-state index in [-0.39, 0.29) is 30.5 Å². The largest absolute Gasteiger partial charge is 0.472 e. The fraction of sp³-hybridized carbons (Fsp3) is 0.500. The molecule has 1 fully saturated rings. The Bertz CT molecular complexity index is 960. The van der Waals surface area contributed by atoms with Gasteiger partial charge in [0.15, 0.2) is 0 Å². The summed E-state index contributed by atoms with van der Waals surface area (Å²) >= 11 is 0. The predicted molar refractivity (Wildman–Crippen MR) is 115 cm³/mol. The first-order chi connectivity index (χ1) is 15.0. The molecule has 0 aromatic carbocycles. The maximum absolute atomic E-state index is 13.7. The number of nitrogens with zero attached hydrogens (tertiary/aromatic N) is 3. The average Bonchev–Trinajstić information content (AvgIpc) is 2.72. The molecule has 2 aromatic heterocycles. The lowest BCUT2D eigenvalue weighted by molar-refractivity contribution is -0.152. The molecule has 174 valence electrons. The zero-order valence-electron chi connectivity index (χ0n) is 18.5. The maximum atomic E-state index is 13.7. The minimum Gasteiger partial charge on any atom is -0.472 e. The van der Waals surface area contributed by atoms with Crippen LogP contribution in [0, 0.1) is 0 Å². The highest BCUT2D eigenvalue weighted by molar-refractivity contribution is 5.84. The first-order valence-electron chi connectivity index (χ1n) is 10.3. The van der Waals surface area contributed by atoms with Gasteiger partial charge in [0.1, 0.15) is 23.3 Å². The smallest absolute Gasteiger partial charge is 0.412 e. The molecule has 3 heterocycles. The molecule has 0 radical (unpaired) electrons.